The molecule has 1 nitrogen and oxygen atoms in total. The largest absolute Gasteiger partial charge is 2.00 e. The van der Waals surface area contributed by atoms with Crippen LogP contribution in [0.1, 0.15) is 20.3 Å². The molecule has 0 atom stereocenters. The Balaban J connectivity index is -0.0000000480. The van der Waals surface area contributed by atoms with Crippen molar-refractivity contribution in [2.45, 2.75) is 20.3 Å². The van der Waals surface area contributed by atoms with Gasteiger partial charge in [-0.05, 0) is 0 Å². The summed E-state index contributed by atoms with van der Waals surface area (Å²) in [6, 6.07) is 0. The minimum atomic E-state index is 0. The molecule has 0 aromatic heterocycles. The van der Waals surface area contributed by atoms with Crippen LogP contribution in [0.4, 0.5) is 0 Å². The van der Waals surface area contributed by atoms with Crippen molar-refractivity contribution in [1.29, 1.82) is 0 Å². The zero-order valence-corrected chi connectivity index (χ0v) is 8.20. The molecule has 0 saturated heterocycles. The average molecular weight is 154 g/mol. The Bertz CT molecular complexity index is 10.0. The predicted molar refractivity (Wildman–Crippen MR) is 26.2 cm³/mol. The Morgan fingerprint density at radius 3 is 1.57 bits per heavy atom. The molecule has 0 aliphatic carbocycles. The summed E-state index contributed by atoms with van der Waals surface area (Å²) in [5, 5.41) is 9.30. The first-order chi connectivity index (χ1) is 2.91. The van der Waals surface area contributed by atoms with Crippen molar-refractivity contribution in [2.75, 3.05) is 6.61 Å². The van der Waals surface area contributed by atoms with E-state index < -0.39 is 0 Å². The third-order valence-corrected chi connectivity index (χ3v) is 0.204. The summed E-state index contributed by atoms with van der Waals surface area (Å²) in [7, 11) is 0. The second-order valence-corrected chi connectivity index (χ2v) is 0.704. The van der Waals surface area contributed by atoms with Crippen LogP contribution >= 0.6 is 0 Å². The van der Waals surface area contributed by atoms with E-state index in [4.69, 9.17) is 0 Å². The first kappa shape index (κ1) is 15.6. The topological polar surface area (TPSA) is 23.1 Å². The molecule has 0 saturated carbocycles. The summed E-state index contributed by atoms with van der Waals surface area (Å²) >= 11 is 0. The van der Waals surface area contributed by atoms with E-state index in [9.17, 15) is 5.11 Å². The van der Waals surface area contributed by atoms with Crippen molar-refractivity contribution in [3.05, 3.63) is 6.92 Å². The van der Waals surface area contributed by atoms with Crippen LogP contribution in [-0.4, -0.2) is 6.61 Å². The molecule has 40 valence electrons. The summed E-state index contributed by atoms with van der Waals surface area (Å²) < 4.78 is 0. The molecule has 0 bridgehead atoms. The Morgan fingerprint density at radius 2 is 1.57 bits per heavy atom. The second-order valence-electron chi connectivity index (χ2n) is 0.704. The fourth-order valence-electron chi connectivity index (χ4n) is 0. The van der Waals surface area contributed by atoms with Crippen molar-refractivity contribution in [3.63, 3.8) is 0 Å². The van der Waals surface area contributed by atoms with E-state index in [2.05, 4.69) is 6.92 Å². The zero-order chi connectivity index (χ0) is 5.41. The van der Waals surface area contributed by atoms with Gasteiger partial charge in [0.05, 0.1) is 0 Å². The van der Waals surface area contributed by atoms with Gasteiger partial charge < -0.3 is 12.0 Å². The van der Waals surface area contributed by atoms with E-state index in [-0.39, 0.29) is 26.1 Å². The maximum Gasteiger partial charge on any atom is 2.00 e. The Labute approximate surface area is 58.9 Å². The Kier molecular flexibility index (Phi) is 68.7. The molecule has 2 heteroatoms. The minimum absolute atomic E-state index is 0. The number of hydrogen-bond donors (Lipinski definition) is 0. The van der Waals surface area contributed by atoms with E-state index >= 15 is 0 Å². The average Bonchev–Trinajstić information content (AvgIpc) is 1.72. The van der Waals surface area contributed by atoms with Crippen LogP contribution in [0.2, 0.25) is 0 Å². The van der Waals surface area contributed by atoms with Gasteiger partial charge in [-0.25, -0.2) is 0 Å². The molecular formula is C5H12OZn. The standard InChI is InChI=1S/C3H7O.C2H5.Zn/c1-2-3-4;1-2;/h2-3H2,1H3;1H2,2H3;/q2*-1;+2. The first-order valence-electron chi connectivity index (χ1n) is 2.20. The van der Waals surface area contributed by atoms with Crippen LogP contribution in [0, 0.1) is 6.92 Å². The van der Waals surface area contributed by atoms with E-state index in [1.54, 1.807) is 6.92 Å². The molecule has 0 aliphatic rings. The normalized spacial score (nSPS) is 5.14. The van der Waals surface area contributed by atoms with Crippen molar-refractivity contribution >= 4 is 0 Å². The third-order valence-electron chi connectivity index (χ3n) is 0.204. The van der Waals surface area contributed by atoms with Crippen molar-refractivity contribution in [1.82, 2.24) is 0 Å². The fourth-order valence-corrected chi connectivity index (χ4v) is 0. The van der Waals surface area contributed by atoms with E-state index in [0.29, 0.717) is 0 Å². The maximum atomic E-state index is 9.30. The summed E-state index contributed by atoms with van der Waals surface area (Å²) in [4.78, 5) is 0. The molecule has 0 N–H and O–H groups in total. The molecule has 0 amide bonds. The monoisotopic (exact) mass is 152 g/mol. The van der Waals surface area contributed by atoms with E-state index in [1.165, 1.54) is 0 Å². The number of hydrogen-bond acceptors (Lipinski definition) is 1. The summed E-state index contributed by atoms with van der Waals surface area (Å²) in [5.74, 6) is 0. The van der Waals surface area contributed by atoms with Gasteiger partial charge in [0.2, 0.25) is 0 Å². The van der Waals surface area contributed by atoms with Gasteiger partial charge in [0, 0.05) is 0 Å². The molecule has 0 unspecified atom stereocenters. The van der Waals surface area contributed by atoms with Gasteiger partial charge in [-0.3, -0.25) is 0 Å². The third kappa shape index (κ3) is 55.2. The maximum absolute atomic E-state index is 9.30. The Morgan fingerprint density at radius 1 is 1.43 bits per heavy atom. The molecule has 0 fully saturated rings. The quantitative estimate of drug-likeness (QED) is 0.400. The van der Waals surface area contributed by atoms with E-state index in [0.717, 1.165) is 6.42 Å². The van der Waals surface area contributed by atoms with Gasteiger partial charge in [0.1, 0.15) is 0 Å². The van der Waals surface area contributed by atoms with Gasteiger partial charge in [0.15, 0.2) is 0 Å². The molecule has 0 aromatic carbocycles. The van der Waals surface area contributed by atoms with Crippen LogP contribution in [0.25, 0.3) is 0 Å². The van der Waals surface area contributed by atoms with Crippen LogP contribution in [0.15, 0.2) is 0 Å². The van der Waals surface area contributed by atoms with E-state index in [1.807, 2.05) is 6.92 Å². The minimum Gasteiger partial charge on any atom is -0.854 e. The van der Waals surface area contributed by atoms with Crippen LogP contribution in [0.5, 0.6) is 0 Å². The molecule has 7 heavy (non-hydrogen) atoms. The van der Waals surface area contributed by atoms with Gasteiger partial charge in [-0.2, -0.15) is 6.92 Å². The van der Waals surface area contributed by atoms with Gasteiger partial charge >= 0.3 is 19.5 Å². The summed E-state index contributed by atoms with van der Waals surface area (Å²) in [5.41, 5.74) is 0. The first-order valence-corrected chi connectivity index (χ1v) is 2.20. The smallest absolute Gasteiger partial charge is 0.854 e. The Hall–Kier alpha value is 0.583. The van der Waals surface area contributed by atoms with Crippen molar-refractivity contribution < 1.29 is 24.6 Å². The summed E-state index contributed by atoms with van der Waals surface area (Å²) in [6.07, 6.45) is 0.764. The van der Waals surface area contributed by atoms with Gasteiger partial charge in [0.25, 0.3) is 0 Å². The van der Waals surface area contributed by atoms with Crippen molar-refractivity contribution in [2.24, 2.45) is 0 Å². The second kappa shape index (κ2) is 30.8. The fraction of sp³-hybridized carbons (Fsp3) is 0.800. The predicted octanol–water partition coefficient (Wildman–Crippen LogP) is 0.595. The van der Waals surface area contributed by atoms with Gasteiger partial charge in [-0.15, -0.1) is 6.61 Å². The molecular weight excluding hydrogens is 141 g/mol. The van der Waals surface area contributed by atoms with Gasteiger partial charge in [-0.1, -0.05) is 13.3 Å². The van der Waals surface area contributed by atoms with Crippen molar-refractivity contribution in [3.8, 4) is 0 Å². The number of rotatable bonds is 1. The van der Waals surface area contributed by atoms with Crippen LogP contribution in [0.3, 0.4) is 0 Å². The SMILES string of the molecule is CCC[O-].[CH2-]C.[Zn+2]. The van der Waals surface area contributed by atoms with Crippen LogP contribution < -0.4 is 5.11 Å². The molecule has 0 aromatic rings. The molecule has 0 heterocycles. The zero-order valence-electron chi connectivity index (χ0n) is 5.24. The molecule has 0 radical (unpaired) electrons. The molecule has 0 spiro atoms. The molecule has 0 aliphatic heterocycles. The molecule has 0 rings (SSSR count). The summed E-state index contributed by atoms with van der Waals surface area (Å²) in [6.45, 7) is 6.94. The van der Waals surface area contributed by atoms with Crippen LogP contribution in [-0.2, 0) is 19.5 Å².